The molecule has 14 heavy (non-hydrogen) atoms. The molecule has 0 saturated heterocycles. The molecule has 0 aliphatic heterocycles. The third-order valence-electron chi connectivity index (χ3n) is 1.87. The average molecular weight is 205 g/mol. The van der Waals surface area contributed by atoms with E-state index in [1.807, 2.05) is 0 Å². The quantitative estimate of drug-likeness (QED) is 0.727. The number of aryl methyl sites for hydroxylation is 1. The van der Waals surface area contributed by atoms with E-state index in [1.54, 1.807) is 19.1 Å². The highest BCUT2D eigenvalue weighted by molar-refractivity contribution is 5.24. The summed E-state index contributed by atoms with van der Waals surface area (Å²) in [6.45, 7) is 1.78. The second kappa shape index (κ2) is 3.98. The summed E-state index contributed by atoms with van der Waals surface area (Å²) in [5.41, 5.74) is 2.11. The summed E-state index contributed by atoms with van der Waals surface area (Å²) in [6.07, 6.45) is -4.50. The van der Waals surface area contributed by atoms with Crippen LogP contribution in [0.5, 0.6) is 0 Å². The van der Waals surface area contributed by atoms with Gasteiger partial charge in [-0.1, -0.05) is 29.8 Å². The van der Waals surface area contributed by atoms with E-state index < -0.39 is 12.2 Å². The number of benzene rings is 1. The van der Waals surface area contributed by atoms with Crippen molar-refractivity contribution in [1.82, 2.24) is 5.48 Å². The zero-order chi connectivity index (χ0) is 10.8. The van der Waals surface area contributed by atoms with E-state index in [0.29, 0.717) is 0 Å². The van der Waals surface area contributed by atoms with E-state index in [0.717, 1.165) is 5.56 Å². The van der Waals surface area contributed by atoms with E-state index in [-0.39, 0.29) is 5.56 Å². The van der Waals surface area contributed by atoms with Gasteiger partial charge in [0.25, 0.3) is 0 Å². The van der Waals surface area contributed by atoms with Crippen molar-refractivity contribution < 1.29 is 18.4 Å². The monoisotopic (exact) mass is 205 g/mol. The first-order valence-corrected chi connectivity index (χ1v) is 3.98. The molecule has 1 atom stereocenters. The number of hydrogen-bond acceptors (Lipinski definition) is 2. The molecule has 5 heteroatoms. The molecule has 0 aliphatic carbocycles. The Morgan fingerprint density at radius 2 is 1.71 bits per heavy atom. The van der Waals surface area contributed by atoms with E-state index in [1.165, 1.54) is 17.6 Å². The fourth-order valence-electron chi connectivity index (χ4n) is 1.10. The maximum absolute atomic E-state index is 12.3. The third-order valence-corrected chi connectivity index (χ3v) is 1.87. The van der Waals surface area contributed by atoms with Gasteiger partial charge in [0, 0.05) is 0 Å². The topological polar surface area (TPSA) is 32.3 Å². The Morgan fingerprint density at radius 3 is 2.07 bits per heavy atom. The molecule has 0 amide bonds. The Bertz CT molecular complexity index is 294. The van der Waals surface area contributed by atoms with Crippen LogP contribution in [0.25, 0.3) is 0 Å². The zero-order valence-corrected chi connectivity index (χ0v) is 7.47. The van der Waals surface area contributed by atoms with Gasteiger partial charge in [-0.2, -0.15) is 18.7 Å². The molecule has 0 saturated carbocycles. The third kappa shape index (κ3) is 2.46. The lowest BCUT2D eigenvalue weighted by molar-refractivity contribution is -0.178. The molecule has 1 unspecified atom stereocenters. The molecule has 1 aromatic rings. The molecule has 0 radical (unpaired) electrons. The Morgan fingerprint density at radius 1 is 1.21 bits per heavy atom. The second-order valence-corrected chi connectivity index (χ2v) is 3.01. The molecule has 0 spiro atoms. The highest BCUT2D eigenvalue weighted by Crippen LogP contribution is 2.32. The predicted octanol–water partition coefficient (Wildman–Crippen LogP) is 2.58. The number of hydrogen-bond donors (Lipinski definition) is 2. The molecule has 1 aromatic carbocycles. The molecule has 2 N–H and O–H groups in total. The summed E-state index contributed by atoms with van der Waals surface area (Å²) >= 11 is 0. The first kappa shape index (κ1) is 11.0. The molecule has 0 bridgehead atoms. The molecule has 0 aromatic heterocycles. The van der Waals surface area contributed by atoms with Crippen molar-refractivity contribution in [3.05, 3.63) is 35.4 Å². The number of nitrogens with one attached hydrogen (secondary N) is 1. The largest absolute Gasteiger partial charge is 0.410 e. The van der Waals surface area contributed by atoms with Crippen molar-refractivity contribution in [2.45, 2.75) is 19.1 Å². The van der Waals surface area contributed by atoms with Gasteiger partial charge in [-0.05, 0) is 12.5 Å². The van der Waals surface area contributed by atoms with Crippen molar-refractivity contribution >= 4 is 0 Å². The summed E-state index contributed by atoms with van der Waals surface area (Å²) in [6, 6.07) is 3.76. The van der Waals surface area contributed by atoms with Crippen molar-refractivity contribution in [2.75, 3.05) is 0 Å². The van der Waals surface area contributed by atoms with E-state index in [2.05, 4.69) is 0 Å². The standard InChI is InChI=1S/C9H10F3NO/c1-6-2-4-7(5-3-6)8(13-14)9(10,11)12/h2-5,8,13-14H,1H3. The van der Waals surface area contributed by atoms with Gasteiger partial charge in [0.15, 0.2) is 6.04 Å². The first-order valence-electron chi connectivity index (χ1n) is 3.98. The van der Waals surface area contributed by atoms with Crippen LogP contribution < -0.4 is 5.48 Å². The Kier molecular flexibility index (Phi) is 3.13. The Hall–Kier alpha value is -1.07. The lowest BCUT2D eigenvalue weighted by Gasteiger charge is -2.18. The van der Waals surface area contributed by atoms with Crippen LogP contribution in [0, 0.1) is 6.92 Å². The van der Waals surface area contributed by atoms with Gasteiger partial charge in [-0.25, -0.2) is 0 Å². The van der Waals surface area contributed by atoms with Crippen LogP contribution in [0.1, 0.15) is 17.2 Å². The fraction of sp³-hybridized carbons (Fsp3) is 0.333. The van der Waals surface area contributed by atoms with Gasteiger partial charge in [-0.3, -0.25) is 0 Å². The van der Waals surface area contributed by atoms with Crippen LogP contribution in [0.3, 0.4) is 0 Å². The van der Waals surface area contributed by atoms with Crippen molar-refractivity contribution in [3.8, 4) is 0 Å². The van der Waals surface area contributed by atoms with Gasteiger partial charge >= 0.3 is 6.18 Å². The molecular weight excluding hydrogens is 195 g/mol. The summed E-state index contributed by atoms with van der Waals surface area (Å²) < 4.78 is 36.9. The maximum Gasteiger partial charge on any atom is 0.410 e. The zero-order valence-electron chi connectivity index (χ0n) is 7.47. The number of halogens is 3. The van der Waals surface area contributed by atoms with Gasteiger partial charge in [0.2, 0.25) is 0 Å². The van der Waals surface area contributed by atoms with Crippen molar-refractivity contribution in [3.63, 3.8) is 0 Å². The average Bonchev–Trinajstić information content (AvgIpc) is 2.07. The SMILES string of the molecule is Cc1ccc(C(NO)C(F)(F)F)cc1. The minimum Gasteiger partial charge on any atom is -0.316 e. The number of hydroxylamine groups is 1. The van der Waals surface area contributed by atoms with E-state index >= 15 is 0 Å². The van der Waals surface area contributed by atoms with Gasteiger partial charge < -0.3 is 5.21 Å². The van der Waals surface area contributed by atoms with Crippen molar-refractivity contribution in [1.29, 1.82) is 0 Å². The summed E-state index contributed by atoms with van der Waals surface area (Å²) in [5.74, 6) is 0. The van der Waals surface area contributed by atoms with Crippen LogP contribution in [-0.2, 0) is 0 Å². The number of rotatable bonds is 2. The predicted molar refractivity (Wildman–Crippen MR) is 44.9 cm³/mol. The van der Waals surface area contributed by atoms with E-state index in [4.69, 9.17) is 5.21 Å². The lowest BCUT2D eigenvalue weighted by atomic mass is 10.1. The summed E-state index contributed by atoms with van der Waals surface area (Å²) in [4.78, 5) is 0. The molecule has 0 aliphatic rings. The molecule has 0 heterocycles. The summed E-state index contributed by atoms with van der Waals surface area (Å²) in [7, 11) is 0. The molecule has 0 fully saturated rings. The fourth-order valence-corrected chi connectivity index (χ4v) is 1.10. The van der Waals surface area contributed by atoms with Crippen LogP contribution in [0.15, 0.2) is 24.3 Å². The van der Waals surface area contributed by atoms with Crippen LogP contribution in [0.4, 0.5) is 13.2 Å². The highest BCUT2D eigenvalue weighted by atomic mass is 19.4. The van der Waals surface area contributed by atoms with Gasteiger partial charge in [-0.15, -0.1) is 0 Å². The second-order valence-electron chi connectivity index (χ2n) is 3.01. The maximum atomic E-state index is 12.3. The van der Waals surface area contributed by atoms with Crippen LogP contribution in [-0.4, -0.2) is 11.4 Å². The molecule has 2 nitrogen and oxygen atoms in total. The molecule has 78 valence electrons. The minimum atomic E-state index is -4.50. The highest BCUT2D eigenvalue weighted by Gasteiger charge is 2.40. The van der Waals surface area contributed by atoms with Gasteiger partial charge in [0.1, 0.15) is 0 Å². The number of alkyl halides is 3. The van der Waals surface area contributed by atoms with Gasteiger partial charge in [0.05, 0.1) is 0 Å². The summed E-state index contributed by atoms with van der Waals surface area (Å²) in [5, 5.41) is 8.41. The lowest BCUT2D eigenvalue weighted by Crippen LogP contribution is -2.31. The Balaban J connectivity index is 2.96. The van der Waals surface area contributed by atoms with Crippen LogP contribution >= 0.6 is 0 Å². The molecular formula is C9H10F3NO. The van der Waals surface area contributed by atoms with E-state index in [9.17, 15) is 13.2 Å². The van der Waals surface area contributed by atoms with Crippen LogP contribution in [0.2, 0.25) is 0 Å². The first-order chi connectivity index (χ1) is 6.45. The smallest absolute Gasteiger partial charge is 0.316 e. The molecule has 1 rings (SSSR count). The minimum absolute atomic E-state index is 0.00870. The normalized spacial score (nSPS) is 14.1. The Labute approximate surface area is 79.3 Å². The van der Waals surface area contributed by atoms with Crippen molar-refractivity contribution in [2.24, 2.45) is 0 Å².